The number of piperazine rings is 1. The van der Waals surface area contributed by atoms with Crippen molar-refractivity contribution in [2.45, 2.75) is 19.3 Å². The SMILES string of the molecule is CN1CCN(C(=O)CC2CCN(C(=O)Nc3cccc4ccccc34)CC2)CC1. The Morgan fingerprint density at radius 2 is 1.59 bits per heavy atom. The van der Waals surface area contributed by atoms with Gasteiger partial charge in [0.2, 0.25) is 5.91 Å². The van der Waals surface area contributed by atoms with E-state index in [-0.39, 0.29) is 11.9 Å². The van der Waals surface area contributed by atoms with Gasteiger partial charge in [0, 0.05) is 51.1 Å². The minimum absolute atomic E-state index is 0.0507. The fraction of sp³-hybridized carbons (Fsp3) is 0.478. The molecule has 2 aliphatic rings. The van der Waals surface area contributed by atoms with Gasteiger partial charge in [0.05, 0.1) is 5.69 Å². The van der Waals surface area contributed by atoms with Crippen LogP contribution in [0.25, 0.3) is 10.8 Å². The first-order chi connectivity index (χ1) is 14.1. The molecule has 4 rings (SSSR count). The first-order valence-corrected chi connectivity index (χ1v) is 10.6. The first kappa shape index (κ1) is 19.7. The lowest BCUT2D eigenvalue weighted by Gasteiger charge is -2.35. The van der Waals surface area contributed by atoms with E-state index in [0.717, 1.165) is 55.5 Å². The second-order valence-electron chi connectivity index (χ2n) is 8.28. The number of rotatable bonds is 3. The second-order valence-corrected chi connectivity index (χ2v) is 8.28. The number of fused-ring (bicyclic) bond motifs is 1. The molecule has 0 atom stereocenters. The highest BCUT2D eigenvalue weighted by molar-refractivity contribution is 6.01. The van der Waals surface area contributed by atoms with Crippen LogP contribution in [0, 0.1) is 5.92 Å². The van der Waals surface area contributed by atoms with Crippen LogP contribution in [0.15, 0.2) is 42.5 Å². The summed E-state index contributed by atoms with van der Waals surface area (Å²) in [7, 11) is 2.10. The van der Waals surface area contributed by atoms with Crippen molar-refractivity contribution in [2.24, 2.45) is 5.92 Å². The molecule has 29 heavy (non-hydrogen) atoms. The van der Waals surface area contributed by atoms with Crippen LogP contribution in [-0.2, 0) is 4.79 Å². The van der Waals surface area contributed by atoms with E-state index in [2.05, 4.69) is 17.3 Å². The largest absolute Gasteiger partial charge is 0.340 e. The van der Waals surface area contributed by atoms with Crippen molar-refractivity contribution in [3.63, 3.8) is 0 Å². The van der Waals surface area contributed by atoms with Crippen molar-refractivity contribution in [1.82, 2.24) is 14.7 Å². The molecule has 0 saturated carbocycles. The first-order valence-electron chi connectivity index (χ1n) is 10.6. The van der Waals surface area contributed by atoms with Gasteiger partial charge in [-0.1, -0.05) is 36.4 Å². The molecule has 2 heterocycles. The van der Waals surface area contributed by atoms with Gasteiger partial charge >= 0.3 is 6.03 Å². The normalized spacial score (nSPS) is 18.8. The maximum absolute atomic E-state index is 12.8. The van der Waals surface area contributed by atoms with E-state index in [0.29, 0.717) is 25.4 Å². The summed E-state index contributed by atoms with van der Waals surface area (Å²) in [5.74, 6) is 0.653. The minimum atomic E-state index is -0.0507. The Balaban J connectivity index is 1.28. The van der Waals surface area contributed by atoms with Gasteiger partial charge in [0.15, 0.2) is 0 Å². The third-order valence-electron chi connectivity index (χ3n) is 6.25. The number of anilines is 1. The number of likely N-dealkylation sites (N-methyl/N-ethyl adjacent to an activating group) is 1. The Morgan fingerprint density at radius 3 is 2.34 bits per heavy atom. The number of urea groups is 1. The third-order valence-corrected chi connectivity index (χ3v) is 6.25. The average molecular weight is 395 g/mol. The molecule has 2 fully saturated rings. The molecule has 0 bridgehead atoms. The monoisotopic (exact) mass is 394 g/mol. The molecular weight excluding hydrogens is 364 g/mol. The maximum atomic E-state index is 12.8. The highest BCUT2D eigenvalue weighted by Gasteiger charge is 2.27. The van der Waals surface area contributed by atoms with Crippen LogP contribution in [0.2, 0.25) is 0 Å². The van der Waals surface area contributed by atoms with E-state index in [1.807, 2.05) is 52.3 Å². The molecule has 6 nitrogen and oxygen atoms in total. The number of benzene rings is 2. The van der Waals surface area contributed by atoms with Gasteiger partial charge in [-0.25, -0.2) is 4.79 Å². The van der Waals surface area contributed by atoms with E-state index in [1.165, 1.54) is 0 Å². The summed E-state index contributed by atoms with van der Waals surface area (Å²) in [5.41, 5.74) is 0.848. The summed E-state index contributed by atoms with van der Waals surface area (Å²) >= 11 is 0. The topological polar surface area (TPSA) is 55.9 Å². The van der Waals surface area contributed by atoms with Crippen LogP contribution >= 0.6 is 0 Å². The standard InChI is InChI=1S/C23H30N4O2/c1-25-13-15-26(16-14-25)22(28)17-18-9-11-27(12-10-18)23(29)24-21-8-4-6-19-5-2-3-7-20(19)21/h2-8,18H,9-17H2,1H3,(H,24,29). The summed E-state index contributed by atoms with van der Waals surface area (Å²) in [4.78, 5) is 31.5. The molecule has 6 heteroatoms. The molecule has 3 amide bonds. The predicted molar refractivity (Wildman–Crippen MR) is 116 cm³/mol. The van der Waals surface area contributed by atoms with E-state index >= 15 is 0 Å². The van der Waals surface area contributed by atoms with Gasteiger partial charge in [-0.05, 0) is 37.3 Å². The van der Waals surface area contributed by atoms with Crippen molar-refractivity contribution in [3.8, 4) is 0 Å². The molecular formula is C23H30N4O2. The maximum Gasteiger partial charge on any atom is 0.321 e. The molecule has 154 valence electrons. The van der Waals surface area contributed by atoms with Crippen LogP contribution in [0.3, 0.4) is 0 Å². The number of piperidine rings is 1. The Labute approximate surface area is 172 Å². The van der Waals surface area contributed by atoms with Crippen molar-refractivity contribution in [1.29, 1.82) is 0 Å². The van der Waals surface area contributed by atoms with Crippen LogP contribution in [0.4, 0.5) is 10.5 Å². The summed E-state index contributed by atoms with van der Waals surface area (Å²) in [6.07, 6.45) is 2.40. The van der Waals surface area contributed by atoms with Gasteiger partial charge in [-0.2, -0.15) is 0 Å². The van der Waals surface area contributed by atoms with Crippen molar-refractivity contribution in [2.75, 3.05) is 51.6 Å². The molecule has 0 aromatic heterocycles. The highest BCUT2D eigenvalue weighted by atomic mass is 16.2. The number of hydrogen-bond acceptors (Lipinski definition) is 3. The third kappa shape index (κ3) is 4.70. The molecule has 0 unspecified atom stereocenters. The molecule has 2 aliphatic heterocycles. The zero-order chi connectivity index (χ0) is 20.2. The number of carbonyl (C=O) groups excluding carboxylic acids is 2. The molecule has 2 saturated heterocycles. The lowest BCUT2D eigenvalue weighted by atomic mass is 9.93. The second kappa shape index (κ2) is 8.82. The fourth-order valence-electron chi connectivity index (χ4n) is 4.30. The minimum Gasteiger partial charge on any atom is -0.340 e. The Morgan fingerprint density at radius 1 is 0.897 bits per heavy atom. The molecule has 0 radical (unpaired) electrons. The lowest BCUT2D eigenvalue weighted by Crippen LogP contribution is -2.48. The van der Waals surface area contributed by atoms with Crippen LogP contribution in [-0.4, -0.2) is 73.0 Å². The average Bonchev–Trinajstić information content (AvgIpc) is 2.75. The zero-order valence-corrected chi connectivity index (χ0v) is 17.1. The van der Waals surface area contributed by atoms with Gasteiger partial charge in [0.1, 0.15) is 0 Å². The van der Waals surface area contributed by atoms with E-state index in [9.17, 15) is 9.59 Å². The number of nitrogens with zero attached hydrogens (tertiary/aromatic N) is 3. The van der Waals surface area contributed by atoms with Gasteiger partial charge in [-0.15, -0.1) is 0 Å². The smallest absolute Gasteiger partial charge is 0.321 e. The fourth-order valence-corrected chi connectivity index (χ4v) is 4.30. The highest BCUT2D eigenvalue weighted by Crippen LogP contribution is 2.25. The van der Waals surface area contributed by atoms with E-state index in [4.69, 9.17) is 0 Å². The van der Waals surface area contributed by atoms with Gasteiger partial charge in [-0.3, -0.25) is 4.79 Å². The molecule has 1 N–H and O–H groups in total. The van der Waals surface area contributed by atoms with Crippen LogP contribution < -0.4 is 5.32 Å². The molecule has 0 aliphatic carbocycles. The van der Waals surface area contributed by atoms with E-state index < -0.39 is 0 Å². The quantitative estimate of drug-likeness (QED) is 0.870. The number of hydrogen-bond donors (Lipinski definition) is 1. The number of likely N-dealkylation sites (tertiary alicyclic amines) is 1. The van der Waals surface area contributed by atoms with Crippen molar-refractivity contribution < 1.29 is 9.59 Å². The van der Waals surface area contributed by atoms with E-state index in [1.54, 1.807) is 0 Å². The summed E-state index contributed by atoms with van der Waals surface area (Å²) in [6, 6.07) is 14.0. The number of amides is 3. The van der Waals surface area contributed by atoms with Crippen LogP contribution in [0.1, 0.15) is 19.3 Å². The number of carbonyl (C=O) groups is 2. The Hall–Kier alpha value is -2.60. The zero-order valence-electron chi connectivity index (χ0n) is 17.1. The molecule has 2 aromatic rings. The molecule has 0 spiro atoms. The lowest BCUT2D eigenvalue weighted by molar-refractivity contribution is -0.134. The van der Waals surface area contributed by atoms with Crippen molar-refractivity contribution >= 4 is 28.4 Å². The van der Waals surface area contributed by atoms with Crippen LogP contribution in [0.5, 0.6) is 0 Å². The number of nitrogens with one attached hydrogen (secondary N) is 1. The Bertz CT molecular complexity index is 863. The van der Waals surface area contributed by atoms with Gasteiger partial charge in [0.25, 0.3) is 0 Å². The predicted octanol–water partition coefficient (Wildman–Crippen LogP) is 3.25. The summed E-state index contributed by atoms with van der Waals surface area (Å²) in [6.45, 7) is 4.99. The molecule has 2 aromatic carbocycles. The van der Waals surface area contributed by atoms with Crippen molar-refractivity contribution in [3.05, 3.63) is 42.5 Å². The van der Waals surface area contributed by atoms with Gasteiger partial charge < -0.3 is 20.0 Å². The summed E-state index contributed by atoms with van der Waals surface area (Å²) in [5, 5.41) is 5.24. The Kier molecular flexibility index (Phi) is 6.00. The summed E-state index contributed by atoms with van der Waals surface area (Å²) < 4.78 is 0.